The van der Waals surface area contributed by atoms with Gasteiger partial charge in [-0.25, -0.2) is 19.3 Å². The maximum atomic E-state index is 13.4. The van der Waals surface area contributed by atoms with E-state index in [1.807, 2.05) is 11.8 Å². The van der Waals surface area contributed by atoms with Crippen LogP contribution in [0.1, 0.15) is 16.1 Å². The predicted octanol–water partition coefficient (Wildman–Crippen LogP) is 2.84. The van der Waals surface area contributed by atoms with Crippen molar-refractivity contribution in [2.75, 3.05) is 23.3 Å². The maximum absolute atomic E-state index is 13.4. The number of ether oxygens (including phenoxy) is 1. The molecule has 0 aliphatic carbocycles. The van der Waals surface area contributed by atoms with Gasteiger partial charge in [0, 0.05) is 12.3 Å². The molecule has 0 unspecified atom stereocenters. The van der Waals surface area contributed by atoms with E-state index in [-0.39, 0.29) is 23.5 Å². The molecule has 1 saturated heterocycles. The van der Waals surface area contributed by atoms with Crippen molar-refractivity contribution in [1.29, 1.82) is 0 Å². The first-order chi connectivity index (χ1) is 13.6. The summed E-state index contributed by atoms with van der Waals surface area (Å²) in [5.74, 6) is 0.975. The number of amides is 1. The van der Waals surface area contributed by atoms with E-state index in [1.54, 1.807) is 36.7 Å². The van der Waals surface area contributed by atoms with Crippen molar-refractivity contribution < 1.29 is 13.9 Å². The van der Waals surface area contributed by atoms with Gasteiger partial charge in [0.15, 0.2) is 0 Å². The Morgan fingerprint density at radius 3 is 2.75 bits per heavy atom. The number of aromatic nitrogens is 3. The molecule has 3 aromatic rings. The predicted molar refractivity (Wildman–Crippen MR) is 102 cm³/mol. The van der Waals surface area contributed by atoms with Crippen LogP contribution < -0.4 is 15.0 Å². The van der Waals surface area contributed by atoms with Crippen LogP contribution >= 0.6 is 0 Å². The third-order valence-corrected chi connectivity index (χ3v) is 4.39. The summed E-state index contributed by atoms with van der Waals surface area (Å²) in [6.45, 7) is 3.11. The number of carbonyl (C=O) groups is 1. The second kappa shape index (κ2) is 7.59. The Hall–Kier alpha value is -3.55. The van der Waals surface area contributed by atoms with Crippen LogP contribution in [0.5, 0.6) is 5.75 Å². The van der Waals surface area contributed by atoms with Gasteiger partial charge < -0.3 is 15.0 Å². The Kier molecular flexibility index (Phi) is 4.84. The van der Waals surface area contributed by atoms with Crippen molar-refractivity contribution in [1.82, 2.24) is 15.0 Å². The van der Waals surface area contributed by atoms with E-state index in [2.05, 4.69) is 20.3 Å². The summed E-state index contributed by atoms with van der Waals surface area (Å²) in [6, 6.07) is 9.75. The quantitative estimate of drug-likeness (QED) is 0.734. The molecule has 1 fully saturated rings. The Morgan fingerprint density at radius 1 is 1.18 bits per heavy atom. The van der Waals surface area contributed by atoms with E-state index < -0.39 is 0 Å². The van der Waals surface area contributed by atoms with Crippen molar-refractivity contribution in [2.45, 2.75) is 13.0 Å². The molecular formula is C20H18FN5O2. The summed E-state index contributed by atoms with van der Waals surface area (Å²) < 4.78 is 19.2. The SMILES string of the molecule is Cc1ccc(F)cc1OC1CN(c2cnc(C(=O)Nc3ccccn3)cn2)C1. The summed E-state index contributed by atoms with van der Waals surface area (Å²) in [6.07, 6.45) is 4.53. The highest BCUT2D eigenvalue weighted by Crippen LogP contribution is 2.25. The van der Waals surface area contributed by atoms with Crippen molar-refractivity contribution in [2.24, 2.45) is 0 Å². The minimum Gasteiger partial charge on any atom is -0.486 e. The van der Waals surface area contributed by atoms with E-state index in [9.17, 15) is 9.18 Å². The maximum Gasteiger partial charge on any atom is 0.277 e. The number of pyridine rings is 1. The molecule has 4 rings (SSSR count). The summed E-state index contributed by atoms with van der Waals surface area (Å²) in [4.78, 5) is 26.7. The minimum atomic E-state index is -0.371. The first kappa shape index (κ1) is 17.8. The number of halogens is 1. The van der Waals surface area contributed by atoms with Gasteiger partial charge in [-0.1, -0.05) is 12.1 Å². The highest BCUT2D eigenvalue weighted by Gasteiger charge is 2.30. The smallest absolute Gasteiger partial charge is 0.277 e. The Bertz CT molecular complexity index is 976. The first-order valence-electron chi connectivity index (χ1n) is 8.80. The zero-order chi connectivity index (χ0) is 19.5. The third kappa shape index (κ3) is 3.90. The van der Waals surface area contributed by atoms with Crippen LogP contribution in [0, 0.1) is 12.7 Å². The van der Waals surface area contributed by atoms with Crippen LogP contribution in [0.3, 0.4) is 0 Å². The van der Waals surface area contributed by atoms with Gasteiger partial charge in [0.05, 0.1) is 25.5 Å². The monoisotopic (exact) mass is 379 g/mol. The van der Waals surface area contributed by atoms with Crippen molar-refractivity contribution >= 4 is 17.5 Å². The molecule has 0 saturated carbocycles. The second-order valence-electron chi connectivity index (χ2n) is 6.48. The van der Waals surface area contributed by atoms with Gasteiger partial charge in [0.2, 0.25) is 0 Å². The Morgan fingerprint density at radius 2 is 2.04 bits per heavy atom. The molecular weight excluding hydrogens is 361 g/mol. The van der Waals surface area contributed by atoms with Crippen LogP contribution in [0.15, 0.2) is 55.0 Å². The second-order valence-corrected chi connectivity index (χ2v) is 6.48. The van der Waals surface area contributed by atoms with Gasteiger partial charge in [-0.15, -0.1) is 0 Å². The standard InChI is InChI=1S/C20H18FN5O2/c1-13-5-6-14(21)8-17(13)28-15-11-26(12-15)19-10-23-16(9-24-19)20(27)25-18-4-2-3-7-22-18/h2-10,15H,11-12H2,1H3,(H,22,25,27). The van der Waals surface area contributed by atoms with Crippen molar-refractivity contribution in [3.63, 3.8) is 0 Å². The molecule has 28 heavy (non-hydrogen) atoms. The topological polar surface area (TPSA) is 80.2 Å². The lowest BCUT2D eigenvalue weighted by molar-refractivity contribution is 0.102. The molecule has 1 amide bonds. The number of benzene rings is 1. The number of nitrogens with one attached hydrogen (secondary N) is 1. The summed E-state index contributed by atoms with van der Waals surface area (Å²) in [7, 11) is 0. The van der Waals surface area contributed by atoms with Crippen molar-refractivity contribution in [3.8, 4) is 5.75 Å². The number of hydrogen-bond donors (Lipinski definition) is 1. The molecule has 1 aliphatic heterocycles. The normalized spacial score (nSPS) is 13.7. The van der Waals surface area contributed by atoms with Crippen LogP contribution in [0.2, 0.25) is 0 Å². The molecule has 1 aliphatic rings. The molecule has 0 radical (unpaired) electrons. The molecule has 0 atom stereocenters. The van der Waals surface area contributed by atoms with Gasteiger partial charge >= 0.3 is 0 Å². The van der Waals surface area contributed by atoms with E-state index in [0.717, 1.165) is 5.56 Å². The first-order valence-corrected chi connectivity index (χ1v) is 8.80. The largest absolute Gasteiger partial charge is 0.486 e. The number of rotatable bonds is 5. The lowest BCUT2D eigenvalue weighted by Gasteiger charge is -2.39. The minimum absolute atomic E-state index is 0.0468. The molecule has 0 bridgehead atoms. The number of anilines is 2. The lowest BCUT2D eigenvalue weighted by Crippen LogP contribution is -2.54. The molecule has 142 valence electrons. The summed E-state index contributed by atoms with van der Waals surface area (Å²) >= 11 is 0. The zero-order valence-corrected chi connectivity index (χ0v) is 15.2. The molecule has 2 aromatic heterocycles. The van der Waals surface area contributed by atoms with Gasteiger partial charge in [-0.2, -0.15) is 0 Å². The Balaban J connectivity index is 1.33. The number of hydrogen-bond acceptors (Lipinski definition) is 6. The van der Waals surface area contributed by atoms with Crippen molar-refractivity contribution in [3.05, 3.63) is 72.1 Å². The van der Waals surface area contributed by atoms with Gasteiger partial charge in [-0.05, 0) is 30.7 Å². The lowest BCUT2D eigenvalue weighted by atomic mass is 10.1. The van der Waals surface area contributed by atoms with Crippen LogP contribution in [-0.4, -0.2) is 40.1 Å². The summed E-state index contributed by atoms with van der Waals surface area (Å²) in [5, 5.41) is 2.66. The highest BCUT2D eigenvalue weighted by molar-refractivity contribution is 6.02. The third-order valence-electron chi connectivity index (χ3n) is 4.39. The fourth-order valence-corrected chi connectivity index (χ4v) is 2.80. The molecule has 1 N–H and O–H groups in total. The average Bonchev–Trinajstić information content (AvgIpc) is 2.68. The Labute approximate surface area is 161 Å². The molecule has 3 heterocycles. The molecule has 8 heteroatoms. The van der Waals surface area contributed by atoms with Gasteiger partial charge in [-0.3, -0.25) is 4.79 Å². The summed E-state index contributed by atoms with van der Waals surface area (Å²) in [5.41, 5.74) is 1.10. The van der Waals surface area contributed by atoms with E-state index in [1.165, 1.54) is 18.3 Å². The number of carbonyl (C=O) groups excluding carboxylic acids is 1. The van der Waals surface area contributed by atoms with E-state index in [0.29, 0.717) is 30.5 Å². The van der Waals surface area contributed by atoms with E-state index in [4.69, 9.17) is 4.74 Å². The molecule has 0 spiro atoms. The highest BCUT2D eigenvalue weighted by atomic mass is 19.1. The van der Waals surface area contributed by atoms with E-state index >= 15 is 0 Å². The zero-order valence-electron chi connectivity index (χ0n) is 15.2. The van der Waals surface area contributed by atoms with Crippen LogP contribution in [-0.2, 0) is 0 Å². The van der Waals surface area contributed by atoms with Gasteiger partial charge in [0.1, 0.15) is 35.0 Å². The molecule has 1 aromatic carbocycles. The van der Waals surface area contributed by atoms with Crippen LogP contribution in [0.4, 0.5) is 16.0 Å². The number of nitrogens with zero attached hydrogens (tertiary/aromatic N) is 4. The molecule has 7 nitrogen and oxygen atoms in total. The number of aryl methyl sites for hydroxylation is 1. The fraction of sp³-hybridized carbons (Fsp3) is 0.200. The fourth-order valence-electron chi connectivity index (χ4n) is 2.80. The van der Waals surface area contributed by atoms with Gasteiger partial charge in [0.25, 0.3) is 5.91 Å². The average molecular weight is 379 g/mol. The van der Waals surface area contributed by atoms with Crippen LogP contribution in [0.25, 0.3) is 0 Å².